The van der Waals surface area contributed by atoms with Crippen molar-refractivity contribution in [1.29, 1.82) is 0 Å². The summed E-state index contributed by atoms with van der Waals surface area (Å²) < 4.78 is 0. The number of nitrogens with two attached hydrogens (primary N) is 1. The van der Waals surface area contributed by atoms with Crippen molar-refractivity contribution in [3.05, 3.63) is 0 Å². The number of hydrogen-bond acceptors (Lipinski definition) is 7. The summed E-state index contributed by atoms with van der Waals surface area (Å²) in [7, 11) is 1.63. The van der Waals surface area contributed by atoms with Crippen LogP contribution in [0, 0.1) is 5.92 Å². The fourth-order valence-corrected chi connectivity index (χ4v) is 3.41. The Kier molecular flexibility index (Phi) is 16.9. The molecule has 0 aliphatic carbocycles. The molecule has 35 heavy (non-hydrogen) atoms. The molecule has 0 aliphatic heterocycles. The molecule has 0 heterocycles. The highest BCUT2D eigenvalue weighted by molar-refractivity contribution is 5.95. The third-order valence-corrected chi connectivity index (χ3v) is 6.26. The lowest BCUT2D eigenvalue weighted by Crippen LogP contribution is -2.59. The van der Waals surface area contributed by atoms with E-state index in [0.717, 1.165) is 6.42 Å². The Bertz CT molecular complexity index is 658. The smallest absolute Gasteiger partial charge is 0.245 e. The summed E-state index contributed by atoms with van der Waals surface area (Å²) in [6.45, 7) is 9.30. The Morgan fingerprint density at radius 3 is 1.80 bits per heavy atom. The summed E-state index contributed by atoms with van der Waals surface area (Å²) >= 11 is 0. The molecule has 0 fully saturated rings. The number of rotatable bonds is 18. The first-order valence-corrected chi connectivity index (χ1v) is 12.8. The van der Waals surface area contributed by atoms with Gasteiger partial charge >= 0.3 is 0 Å². The van der Waals surface area contributed by atoms with E-state index in [0.29, 0.717) is 38.6 Å². The summed E-state index contributed by atoms with van der Waals surface area (Å²) in [5.74, 6) is -1.99. The van der Waals surface area contributed by atoms with Crippen molar-refractivity contribution in [2.45, 2.75) is 103 Å². The number of amides is 4. The normalized spacial score (nSPS) is 16.2. The lowest BCUT2D eigenvalue weighted by Gasteiger charge is -2.28. The summed E-state index contributed by atoms with van der Waals surface area (Å²) in [4.78, 5) is 51.2. The van der Waals surface area contributed by atoms with Crippen LogP contribution in [0.2, 0.25) is 0 Å². The van der Waals surface area contributed by atoms with Crippen LogP contribution in [-0.2, 0) is 19.2 Å². The van der Waals surface area contributed by atoms with Gasteiger partial charge in [0, 0.05) is 6.04 Å². The van der Waals surface area contributed by atoms with Gasteiger partial charge in [-0.1, -0.05) is 34.1 Å². The van der Waals surface area contributed by atoms with Crippen LogP contribution < -0.4 is 32.3 Å². The number of nitrogens with one attached hydrogen (secondary N) is 5. The van der Waals surface area contributed by atoms with Gasteiger partial charge in [-0.2, -0.15) is 0 Å². The Morgan fingerprint density at radius 2 is 1.31 bits per heavy atom. The molecule has 0 aromatic rings. The molecule has 6 unspecified atom stereocenters. The van der Waals surface area contributed by atoms with E-state index < -0.39 is 48.5 Å². The lowest BCUT2D eigenvalue weighted by atomic mass is 9.97. The van der Waals surface area contributed by atoms with Crippen molar-refractivity contribution in [2.24, 2.45) is 11.7 Å². The van der Waals surface area contributed by atoms with Crippen LogP contribution in [0.4, 0.5) is 0 Å². The molecule has 11 heteroatoms. The van der Waals surface area contributed by atoms with E-state index >= 15 is 0 Å². The van der Waals surface area contributed by atoms with Gasteiger partial charge in [0.05, 0.1) is 12.6 Å². The highest BCUT2D eigenvalue weighted by Crippen LogP contribution is 2.11. The fraction of sp³-hybridized carbons (Fsp3) is 0.833. The second kappa shape index (κ2) is 18.1. The van der Waals surface area contributed by atoms with Crippen molar-refractivity contribution in [3.8, 4) is 0 Å². The molecule has 4 amide bonds. The molecule has 204 valence electrons. The highest BCUT2D eigenvalue weighted by Gasteiger charge is 2.32. The van der Waals surface area contributed by atoms with Crippen LogP contribution in [0.5, 0.6) is 0 Å². The van der Waals surface area contributed by atoms with E-state index in [1.807, 2.05) is 34.6 Å². The molecule has 11 nitrogen and oxygen atoms in total. The van der Waals surface area contributed by atoms with Crippen molar-refractivity contribution in [3.63, 3.8) is 0 Å². The van der Waals surface area contributed by atoms with Crippen molar-refractivity contribution < 1.29 is 24.3 Å². The zero-order chi connectivity index (χ0) is 27.0. The van der Waals surface area contributed by atoms with E-state index in [1.165, 1.54) is 0 Å². The predicted molar refractivity (Wildman–Crippen MR) is 136 cm³/mol. The van der Waals surface area contributed by atoms with E-state index in [4.69, 9.17) is 5.73 Å². The number of unbranched alkanes of at least 4 members (excludes halogenated alkanes) is 1. The summed E-state index contributed by atoms with van der Waals surface area (Å²) in [6, 6.07) is -3.47. The summed E-state index contributed by atoms with van der Waals surface area (Å²) in [6.07, 6.45) is 3.47. The van der Waals surface area contributed by atoms with E-state index in [-0.39, 0.29) is 17.9 Å². The van der Waals surface area contributed by atoms with Crippen LogP contribution >= 0.6 is 0 Å². The molecule has 0 rings (SSSR count). The third kappa shape index (κ3) is 11.8. The zero-order valence-corrected chi connectivity index (χ0v) is 22.3. The predicted octanol–water partition coefficient (Wildman–Crippen LogP) is -0.479. The maximum atomic E-state index is 13.2. The molecule has 0 aromatic carbocycles. The van der Waals surface area contributed by atoms with Gasteiger partial charge in [-0.25, -0.2) is 0 Å². The molecule has 0 saturated heterocycles. The molecule has 0 bridgehead atoms. The first kappa shape index (κ1) is 32.8. The summed E-state index contributed by atoms with van der Waals surface area (Å²) in [5.41, 5.74) is 5.58. The molecule has 0 spiro atoms. The van der Waals surface area contributed by atoms with Crippen LogP contribution in [-0.4, -0.2) is 79.1 Å². The number of aliphatic hydroxyl groups excluding tert-OH is 1. The second-order valence-electron chi connectivity index (χ2n) is 9.03. The van der Waals surface area contributed by atoms with Gasteiger partial charge in [0.25, 0.3) is 0 Å². The molecule has 8 N–H and O–H groups in total. The summed E-state index contributed by atoms with van der Waals surface area (Å²) in [5, 5.41) is 23.4. The molecular formula is C24H48N6O5. The minimum atomic E-state index is -1.21. The minimum Gasteiger partial charge on any atom is -0.394 e. The SMILES string of the molecule is CCC(C)NC(=O)C(NC(=O)C(CCCCN)NC(=O)C(CO)NC(=O)C(CC)NC)C(C)CC. The fourth-order valence-electron chi connectivity index (χ4n) is 3.41. The Hall–Kier alpha value is -2.24. The average molecular weight is 501 g/mol. The number of hydrogen-bond donors (Lipinski definition) is 7. The standard InChI is InChI=1S/C24H48N6O5/c1-7-15(4)20(24(35)27-16(5)8-2)30-22(33)18(12-10-11-13-25)28-23(34)19(14-31)29-21(32)17(9-3)26-6/h15-20,26,31H,7-14,25H2,1-6H3,(H,27,35)(H,28,34)(H,29,32)(H,30,33). The van der Waals surface area contributed by atoms with Gasteiger partial charge in [0.2, 0.25) is 23.6 Å². The molecule has 0 aromatic heterocycles. The van der Waals surface area contributed by atoms with Gasteiger partial charge in [-0.15, -0.1) is 0 Å². The first-order chi connectivity index (χ1) is 16.6. The van der Waals surface area contributed by atoms with Gasteiger partial charge in [-0.3, -0.25) is 19.2 Å². The van der Waals surface area contributed by atoms with Crippen LogP contribution in [0.15, 0.2) is 0 Å². The quantitative estimate of drug-likeness (QED) is 0.124. The largest absolute Gasteiger partial charge is 0.394 e. The molecule has 0 saturated carbocycles. The van der Waals surface area contributed by atoms with Crippen molar-refractivity contribution in [1.82, 2.24) is 26.6 Å². The van der Waals surface area contributed by atoms with Gasteiger partial charge < -0.3 is 37.4 Å². The maximum absolute atomic E-state index is 13.2. The van der Waals surface area contributed by atoms with Crippen LogP contribution in [0.3, 0.4) is 0 Å². The monoisotopic (exact) mass is 500 g/mol. The molecule has 6 atom stereocenters. The lowest BCUT2D eigenvalue weighted by molar-refractivity contribution is -0.135. The highest BCUT2D eigenvalue weighted by atomic mass is 16.3. The van der Waals surface area contributed by atoms with E-state index in [2.05, 4.69) is 26.6 Å². The third-order valence-electron chi connectivity index (χ3n) is 6.26. The average Bonchev–Trinajstić information content (AvgIpc) is 2.84. The van der Waals surface area contributed by atoms with E-state index in [1.54, 1.807) is 7.05 Å². The Morgan fingerprint density at radius 1 is 0.743 bits per heavy atom. The Labute approximate surface area is 210 Å². The molecule has 0 radical (unpaired) electrons. The number of carbonyl (C=O) groups excluding carboxylic acids is 4. The van der Waals surface area contributed by atoms with Crippen molar-refractivity contribution in [2.75, 3.05) is 20.2 Å². The van der Waals surface area contributed by atoms with Gasteiger partial charge in [-0.05, 0) is 58.5 Å². The Balaban J connectivity index is 5.55. The number of carbonyl (C=O) groups is 4. The van der Waals surface area contributed by atoms with Crippen LogP contribution in [0.25, 0.3) is 0 Å². The van der Waals surface area contributed by atoms with E-state index in [9.17, 15) is 24.3 Å². The number of aliphatic hydroxyl groups is 1. The zero-order valence-electron chi connectivity index (χ0n) is 22.3. The number of likely N-dealkylation sites (N-methyl/N-ethyl adjacent to an activating group) is 1. The molecular weight excluding hydrogens is 452 g/mol. The topological polar surface area (TPSA) is 175 Å². The maximum Gasteiger partial charge on any atom is 0.245 e. The minimum absolute atomic E-state index is 0.0375. The van der Waals surface area contributed by atoms with Gasteiger partial charge in [0.15, 0.2) is 0 Å². The van der Waals surface area contributed by atoms with Crippen molar-refractivity contribution >= 4 is 23.6 Å². The van der Waals surface area contributed by atoms with Crippen LogP contribution in [0.1, 0.15) is 73.1 Å². The first-order valence-electron chi connectivity index (χ1n) is 12.8. The molecule has 0 aliphatic rings. The second-order valence-corrected chi connectivity index (χ2v) is 9.03. The van der Waals surface area contributed by atoms with Gasteiger partial charge in [0.1, 0.15) is 18.1 Å².